The van der Waals surface area contributed by atoms with Crippen molar-refractivity contribution in [3.63, 3.8) is 0 Å². The molecule has 0 spiro atoms. The summed E-state index contributed by atoms with van der Waals surface area (Å²) in [6.45, 7) is 1.92. The van der Waals surface area contributed by atoms with E-state index in [1.807, 2.05) is 49.4 Å². The van der Waals surface area contributed by atoms with Crippen LogP contribution < -0.4 is 4.74 Å². The largest absolute Gasteiger partial charge is 0.496 e. The minimum Gasteiger partial charge on any atom is -0.496 e. The molecule has 0 radical (unpaired) electrons. The van der Waals surface area contributed by atoms with E-state index < -0.39 is 0 Å². The molecule has 30 heavy (non-hydrogen) atoms. The monoisotopic (exact) mass is 419 g/mol. The zero-order chi connectivity index (χ0) is 20.7. The highest BCUT2D eigenvalue weighted by Gasteiger charge is 2.14. The van der Waals surface area contributed by atoms with Gasteiger partial charge >= 0.3 is 0 Å². The van der Waals surface area contributed by atoms with E-state index in [0.29, 0.717) is 0 Å². The second-order valence-electron chi connectivity index (χ2n) is 6.81. The fraction of sp³-hybridized carbons (Fsp3) is 0.0909. The van der Waals surface area contributed by atoms with E-state index >= 15 is 0 Å². The van der Waals surface area contributed by atoms with Crippen LogP contribution in [0.15, 0.2) is 65.6 Å². The first-order valence-electron chi connectivity index (χ1n) is 9.21. The Kier molecular flexibility index (Phi) is 4.76. The maximum Gasteiger partial charge on any atom is 0.130 e. The van der Waals surface area contributed by atoms with Crippen LogP contribution in [0.5, 0.6) is 5.75 Å². The number of methoxy groups -OCH3 is 1. The molecular weight excluding hydrogens is 402 g/mol. The molecule has 4 aromatic carbocycles. The van der Waals surface area contributed by atoms with Gasteiger partial charge in [-0.3, -0.25) is 0 Å². The highest BCUT2D eigenvalue weighted by Crippen LogP contribution is 2.38. The van der Waals surface area contributed by atoms with Crippen LogP contribution in [0.3, 0.4) is 0 Å². The zero-order valence-corrected chi connectivity index (χ0v) is 17.0. The Labute approximate surface area is 175 Å². The van der Waals surface area contributed by atoms with Crippen LogP contribution in [0.1, 0.15) is 5.56 Å². The Morgan fingerprint density at radius 3 is 2.63 bits per heavy atom. The Bertz CT molecular complexity index is 1400. The Balaban J connectivity index is 1.67. The second kappa shape index (κ2) is 7.58. The predicted molar refractivity (Wildman–Crippen MR) is 116 cm³/mol. The third-order valence-corrected chi connectivity index (χ3v) is 5.87. The van der Waals surface area contributed by atoms with Gasteiger partial charge < -0.3 is 4.74 Å². The summed E-state index contributed by atoms with van der Waals surface area (Å²) in [5, 5.41) is 25.7. The van der Waals surface area contributed by atoms with Gasteiger partial charge in [0, 0.05) is 21.2 Å². The van der Waals surface area contributed by atoms with Gasteiger partial charge in [-0.1, -0.05) is 35.4 Å². The molecule has 0 aliphatic carbocycles. The van der Waals surface area contributed by atoms with E-state index in [1.165, 1.54) is 0 Å². The van der Waals surface area contributed by atoms with Crippen LogP contribution in [0.4, 0.5) is 0 Å². The third kappa shape index (κ3) is 3.06. The molecule has 150 valence electrons. The average molecular weight is 419 g/mol. The summed E-state index contributed by atoms with van der Waals surface area (Å²) in [6.07, 6.45) is 0. The minimum atomic E-state index is 0.729. The van der Waals surface area contributed by atoms with Crippen LogP contribution in [0.2, 0.25) is 0 Å². The summed E-state index contributed by atoms with van der Waals surface area (Å²) >= 11 is 0.908. The van der Waals surface area contributed by atoms with E-state index in [1.54, 1.807) is 11.9 Å². The lowest BCUT2D eigenvalue weighted by Crippen LogP contribution is -1.99. The van der Waals surface area contributed by atoms with Crippen LogP contribution >= 0.6 is 12.0 Å². The summed E-state index contributed by atoms with van der Waals surface area (Å²) < 4.78 is 10.2. The van der Waals surface area contributed by atoms with Crippen LogP contribution in [0.25, 0.3) is 38.3 Å². The first-order chi connectivity index (χ1) is 14.7. The molecular formula is C22H17N3O4S. The normalized spacial score (nSPS) is 11.6. The molecule has 1 N–H and O–H groups in total. The van der Waals surface area contributed by atoms with Crippen LogP contribution in [0, 0.1) is 6.92 Å². The van der Waals surface area contributed by atoms with Crippen molar-refractivity contribution in [3.8, 4) is 11.4 Å². The molecule has 0 aliphatic rings. The maximum absolute atomic E-state index is 8.50. The van der Waals surface area contributed by atoms with Gasteiger partial charge in [0.2, 0.25) is 0 Å². The van der Waals surface area contributed by atoms with Crippen molar-refractivity contribution in [2.24, 2.45) is 0 Å². The van der Waals surface area contributed by atoms with Gasteiger partial charge in [-0.2, -0.15) is 4.80 Å². The van der Waals surface area contributed by atoms with E-state index in [4.69, 9.17) is 15.1 Å². The molecule has 0 aliphatic heterocycles. The molecule has 1 aromatic heterocycles. The number of fused-ring (bicyclic) bond motifs is 4. The van der Waals surface area contributed by atoms with Crippen LogP contribution in [-0.2, 0) is 9.37 Å². The molecule has 0 atom stereocenters. The van der Waals surface area contributed by atoms with Gasteiger partial charge in [0.25, 0.3) is 0 Å². The van der Waals surface area contributed by atoms with Gasteiger partial charge in [-0.05, 0) is 48.0 Å². The van der Waals surface area contributed by atoms with E-state index in [9.17, 15) is 0 Å². The fourth-order valence-corrected chi connectivity index (χ4v) is 4.23. The molecule has 0 unspecified atom stereocenters. The van der Waals surface area contributed by atoms with Crippen LogP contribution in [-0.4, -0.2) is 27.4 Å². The minimum absolute atomic E-state index is 0.729. The van der Waals surface area contributed by atoms with Crippen molar-refractivity contribution in [2.75, 3.05) is 7.11 Å². The van der Waals surface area contributed by atoms with E-state index in [-0.39, 0.29) is 0 Å². The summed E-state index contributed by atoms with van der Waals surface area (Å²) in [4.78, 5) is 2.40. The average Bonchev–Trinajstić information content (AvgIpc) is 3.22. The van der Waals surface area contributed by atoms with E-state index in [0.717, 1.165) is 66.5 Å². The lowest BCUT2D eigenvalue weighted by Gasteiger charge is -2.13. The number of hydrogen-bond acceptors (Lipinski definition) is 7. The molecule has 0 fully saturated rings. The first kappa shape index (κ1) is 18.8. The van der Waals surface area contributed by atoms with Crippen molar-refractivity contribution in [2.45, 2.75) is 11.8 Å². The predicted octanol–water partition coefficient (Wildman–Crippen LogP) is 5.47. The molecule has 0 bridgehead atoms. The molecule has 0 amide bonds. The van der Waals surface area contributed by atoms with Crippen molar-refractivity contribution in [1.29, 1.82) is 0 Å². The molecule has 8 heteroatoms. The van der Waals surface area contributed by atoms with Gasteiger partial charge in [0.1, 0.15) is 16.8 Å². The molecule has 0 saturated heterocycles. The van der Waals surface area contributed by atoms with Gasteiger partial charge in [0.15, 0.2) is 0 Å². The van der Waals surface area contributed by atoms with Crippen molar-refractivity contribution >= 4 is 44.6 Å². The van der Waals surface area contributed by atoms with Crippen molar-refractivity contribution in [3.05, 3.63) is 66.2 Å². The number of rotatable bonds is 5. The first-order valence-corrected chi connectivity index (χ1v) is 9.95. The SMILES string of the molecule is COc1c(C)c(SOOO)cc2cc(-n3nc4ccc5ccccc5c4n3)ccc12. The summed E-state index contributed by atoms with van der Waals surface area (Å²) in [5.74, 6) is 0.729. The summed E-state index contributed by atoms with van der Waals surface area (Å²) in [6, 6.07) is 20.1. The zero-order valence-electron chi connectivity index (χ0n) is 16.2. The molecule has 0 saturated carbocycles. The summed E-state index contributed by atoms with van der Waals surface area (Å²) in [5.41, 5.74) is 3.40. The highest BCUT2D eigenvalue weighted by molar-refractivity contribution is 7.94. The number of nitrogens with zero attached hydrogens (tertiary/aromatic N) is 3. The molecule has 5 rings (SSSR count). The second-order valence-corrected chi connectivity index (χ2v) is 7.55. The van der Waals surface area contributed by atoms with Gasteiger partial charge in [-0.15, -0.1) is 14.5 Å². The number of benzene rings is 4. The lowest BCUT2D eigenvalue weighted by molar-refractivity contribution is -0.432. The van der Waals surface area contributed by atoms with Crippen molar-refractivity contribution < 1.29 is 19.4 Å². The molecule has 5 aromatic rings. The van der Waals surface area contributed by atoms with Crippen molar-refractivity contribution in [1.82, 2.24) is 15.0 Å². The third-order valence-electron chi connectivity index (χ3n) is 5.14. The number of ether oxygens (including phenoxy) is 1. The van der Waals surface area contributed by atoms with Gasteiger partial charge in [0.05, 0.1) is 24.8 Å². The highest BCUT2D eigenvalue weighted by atomic mass is 32.2. The van der Waals surface area contributed by atoms with E-state index in [2.05, 4.69) is 32.7 Å². The molecule has 1 heterocycles. The topological polar surface area (TPSA) is 78.6 Å². The van der Waals surface area contributed by atoms with Gasteiger partial charge in [-0.25, -0.2) is 5.26 Å². The standard InChI is InChI=1S/C22H17N3O4S/c1-13-20(30-29-28-26)12-15-11-16(8-9-18(15)22(13)27-2)25-23-19-10-7-14-5-3-4-6-17(14)21(19)24-25/h3-12,26H,1-2H3. The fourth-order valence-electron chi connectivity index (χ4n) is 3.73. The Morgan fingerprint density at radius 2 is 1.80 bits per heavy atom. The number of hydrogen-bond donors (Lipinski definition) is 1. The number of aromatic nitrogens is 3. The summed E-state index contributed by atoms with van der Waals surface area (Å²) in [7, 11) is 1.63. The quantitative estimate of drug-likeness (QED) is 0.230. The lowest BCUT2D eigenvalue weighted by atomic mass is 10.1. The maximum atomic E-state index is 8.50. The Morgan fingerprint density at radius 1 is 0.933 bits per heavy atom. The molecule has 7 nitrogen and oxygen atoms in total. The smallest absolute Gasteiger partial charge is 0.130 e. The Hall–Kier alpha value is -3.17.